The Bertz CT molecular complexity index is 717. The first kappa shape index (κ1) is 11.8. The van der Waals surface area contributed by atoms with E-state index in [4.69, 9.17) is 0 Å². The van der Waals surface area contributed by atoms with E-state index in [1.54, 1.807) is 0 Å². The summed E-state index contributed by atoms with van der Waals surface area (Å²) in [6.45, 7) is 0. The minimum Gasteiger partial charge on any atom is -0.105 e. The highest BCUT2D eigenvalue weighted by atomic mass is 31.0. The van der Waals surface area contributed by atoms with Crippen LogP contribution in [0.15, 0.2) is 60.7 Å². The summed E-state index contributed by atoms with van der Waals surface area (Å²) in [5.41, 5.74) is 2.54. The highest BCUT2D eigenvalue weighted by Gasteiger charge is 2.03. The molecule has 0 radical (unpaired) electrons. The van der Waals surface area contributed by atoms with Crippen molar-refractivity contribution >= 4 is 39.9 Å². The van der Waals surface area contributed by atoms with Crippen LogP contribution in [0, 0.1) is 0 Å². The van der Waals surface area contributed by atoms with E-state index < -0.39 is 0 Å². The van der Waals surface area contributed by atoms with Gasteiger partial charge in [0.15, 0.2) is 0 Å². The number of benzene rings is 3. The first-order valence-electron chi connectivity index (χ1n) is 5.89. The predicted octanol–water partition coefficient (Wildman–Crippen LogP) is 3.51. The molecule has 2 atom stereocenters. The lowest BCUT2D eigenvalue weighted by Crippen LogP contribution is -1.97. The van der Waals surface area contributed by atoms with Gasteiger partial charge in [0.25, 0.3) is 0 Å². The van der Waals surface area contributed by atoms with E-state index in [0.717, 1.165) is 0 Å². The topological polar surface area (TPSA) is 0 Å². The van der Waals surface area contributed by atoms with Crippen LogP contribution in [0.2, 0.25) is 0 Å². The first-order chi connectivity index (χ1) is 8.75. The van der Waals surface area contributed by atoms with Crippen molar-refractivity contribution in [2.24, 2.45) is 0 Å². The van der Waals surface area contributed by atoms with Gasteiger partial charge < -0.3 is 0 Å². The maximum Gasteiger partial charge on any atom is -0.0106 e. The van der Waals surface area contributed by atoms with Crippen LogP contribution in [0.5, 0.6) is 0 Å². The van der Waals surface area contributed by atoms with Crippen molar-refractivity contribution in [1.29, 1.82) is 0 Å². The number of fused-ring (bicyclic) bond motifs is 1. The molecule has 0 nitrogen and oxygen atoms in total. The molecule has 0 heterocycles. The van der Waals surface area contributed by atoms with Gasteiger partial charge in [0.05, 0.1) is 0 Å². The van der Waals surface area contributed by atoms with Crippen LogP contribution in [0.25, 0.3) is 21.9 Å². The second-order valence-corrected chi connectivity index (χ2v) is 5.61. The minimum absolute atomic E-state index is 1.23. The van der Waals surface area contributed by atoms with E-state index in [2.05, 4.69) is 79.1 Å². The van der Waals surface area contributed by atoms with Crippen molar-refractivity contribution in [2.75, 3.05) is 0 Å². The zero-order chi connectivity index (χ0) is 12.5. The molecule has 2 heteroatoms. The largest absolute Gasteiger partial charge is 0.105 e. The van der Waals surface area contributed by atoms with Crippen molar-refractivity contribution in [3.05, 3.63) is 60.7 Å². The van der Waals surface area contributed by atoms with Gasteiger partial charge in [-0.15, -0.1) is 18.5 Å². The molecule has 3 aromatic rings. The van der Waals surface area contributed by atoms with Gasteiger partial charge in [-0.25, -0.2) is 0 Å². The molecule has 88 valence electrons. The molecule has 3 aromatic carbocycles. The fourth-order valence-corrected chi connectivity index (χ4v) is 2.96. The van der Waals surface area contributed by atoms with Crippen molar-refractivity contribution in [3.63, 3.8) is 0 Å². The zero-order valence-electron chi connectivity index (χ0n) is 9.93. The Hall–Kier alpha value is -1.22. The van der Waals surface area contributed by atoms with E-state index in [9.17, 15) is 0 Å². The van der Waals surface area contributed by atoms with Gasteiger partial charge in [-0.1, -0.05) is 54.6 Å². The fourth-order valence-electron chi connectivity index (χ4n) is 2.22. The molecule has 0 bridgehead atoms. The number of rotatable bonds is 1. The molecule has 0 fully saturated rings. The Balaban J connectivity index is 2.26. The first-order valence-corrected chi connectivity index (χ1v) is 7.04. The Morgan fingerprint density at radius 1 is 0.667 bits per heavy atom. The van der Waals surface area contributed by atoms with E-state index >= 15 is 0 Å². The van der Waals surface area contributed by atoms with Crippen LogP contribution in [-0.2, 0) is 0 Å². The van der Waals surface area contributed by atoms with Gasteiger partial charge in [-0.3, -0.25) is 0 Å². The summed E-state index contributed by atoms with van der Waals surface area (Å²) in [6.07, 6.45) is 0. The average molecular weight is 268 g/mol. The molecule has 2 unspecified atom stereocenters. The molecule has 0 amide bonds. The second-order valence-electron chi connectivity index (χ2n) is 4.37. The zero-order valence-corrected chi connectivity index (χ0v) is 12.2. The molecule has 3 rings (SSSR count). The Morgan fingerprint density at radius 3 is 2.28 bits per heavy atom. The van der Waals surface area contributed by atoms with Gasteiger partial charge in [0, 0.05) is 0 Å². The van der Waals surface area contributed by atoms with Crippen LogP contribution < -0.4 is 10.6 Å². The van der Waals surface area contributed by atoms with E-state index in [1.165, 1.54) is 32.5 Å². The van der Waals surface area contributed by atoms with Crippen molar-refractivity contribution < 1.29 is 0 Å². The molecule has 0 aromatic heterocycles. The lowest BCUT2D eigenvalue weighted by molar-refractivity contribution is 1.69. The summed E-state index contributed by atoms with van der Waals surface area (Å²) in [4.78, 5) is 0. The maximum absolute atomic E-state index is 2.81. The van der Waals surface area contributed by atoms with E-state index in [1.807, 2.05) is 0 Å². The lowest BCUT2D eigenvalue weighted by Gasteiger charge is -2.08. The Morgan fingerprint density at radius 2 is 1.44 bits per heavy atom. The standard InChI is InChI=1S/C16H14P2/c17-15-6-2-1-5-13(15)12-9-8-11-4-3-7-16(18)14(11)10-12/h1-10H,17-18H2. The highest BCUT2D eigenvalue weighted by Crippen LogP contribution is 2.24. The molecule has 0 saturated carbocycles. The normalized spacial score (nSPS) is 10.8. The van der Waals surface area contributed by atoms with Gasteiger partial charge in [-0.05, 0) is 38.6 Å². The Labute approximate surface area is 112 Å². The summed E-state index contributed by atoms with van der Waals surface area (Å²) in [6, 6.07) is 21.4. The molecule has 0 N–H and O–H groups in total. The molecule has 0 aliphatic heterocycles. The van der Waals surface area contributed by atoms with Gasteiger partial charge in [-0.2, -0.15) is 0 Å². The minimum atomic E-state index is 1.23. The summed E-state index contributed by atoms with van der Waals surface area (Å²) in [5.74, 6) is 0. The van der Waals surface area contributed by atoms with Crippen molar-refractivity contribution in [2.45, 2.75) is 0 Å². The van der Waals surface area contributed by atoms with Gasteiger partial charge in [0.2, 0.25) is 0 Å². The summed E-state index contributed by atoms with van der Waals surface area (Å²) >= 11 is 0. The van der Waals surface area contributed by atoms with E-state index in [-0.39, 0.29) is 0 Å². The van der Waals surface area contributed by atoms with Crippen LogP contribution in [0.3, 0.4) is 0 Å². The van der Waals surface area contributed by atoms with Gasteiger partial charge >= 0.3 is 0 Å². The van der Waals surface area contributed by atoms with Crippen molar-refractivity contribution in [3.8, 4) is 11.1 Å². The van der Waals surface area contributed by atoms with Crippen LogP contribution in [-0.4, -0.2) is 0 Å². The molecular formula is C16H14P2. The third-order valence-corrected chi connectivity index (χ3v) is 4.19. The molecule has 18 heavy (non-hydrogen) atoms. The quantitative estimate of drug-likeness (QED) is 0.592. The average Bonchev–Trinajstić information content (AvgIpc) is 2.40. The molecule has 0 aliphatic rings. The van der Waals surface area contributed by atoms with Crippen LogP contribution >= 0.6 is 18.5 Å². The summed E-state index contributed by atoms with van der Waals surface area (Å²) < 4.78 is 0. The van der Waals surface area contributed by atoms with Crippen molar-refractivity contribution in [1.82, 2.24) is 0 Å². The molecule has 0 spiro atoms. The third kappa shape index (κ3) is 2.07. The molecular weight excluding hydrogens is 254 g/mol. The fraction of sp³-hybridized carbons (Fsp3) is 0. The van der Waals surface area contributed by atoms with Crippen LogP contribution in [0.4, 0.5) is 0 Å². The second kappa shape index (κ2) is 4.81. The monoisotopic (exact) mass is 268 g/mol. The summed E-state index contributed by atoms with van der Waals surface area (Å²) in [7, 11) is 5.61. The number of hydrogen-bond acceptors (Lipinski definition) is 0. The molecule has 0 saturated heterocycles. The summed E-state index contributed by atoms with van der Waals surface area (Å²) in [5, 5.41) is 5.06. The lowest BCUT2D eigenvalue weighted by atomic mass is 10.0. The predicted molar refractivity (Wildman–Crippen MR) is 88.1 cm³/mol. The van der Waals surface area contributed by atoms with E-state index in [0.29, 0.717) is 0 Å². The molecule has 0 aliphatic carbocycles. The number of hydrogen-bond donors (Lipinski definition) is 0. The highest BCUT2D eigenvalue weighted by molar-refractivity contribution is 7.28. The maximum atomic E-state index is 2.81. The SMILES string of the molecule is Pc1ccccc1-c1ccc2cccc(P)c2c1. The van der Waals surface area contributed by atoms with Gasteiger partial charge in [0.1, 0.15) is 0 Å². The van der Waals surface area contributed by atoms with Crippen LogP contribution in [0.1, 0.15) is 0 Å². The third-order valence-electron chi connectivity index (χ3n) is 3.19. The Kier molecular flexibility index (Phi) is 3.16. The smallest absolute Gasteiger partial charge is 0.0106 e.